The van der Waals surface area contributed by atoms with E-state index in [2.05, 4.69) is 45.5 Å². The Hall–Kier alpha value is -3.11. The minimum Gasteiger partial charge on any atom is -0.338 e. The first-order valence-corrected chi connectivity index (χ1v) is 13.3. The van der Waals surface area contributed by atoms with Crippen LogP contribution < -0.4 is 9.80 Å². The van der Waals surface area contributed by atoms with Crippen LogP contribution in [-0.2, 0) is 10.2 Å². The number of benzene rings is 2. The van der Waals surface area contributed by atoms with Crippen LogP contribution in [0.25, 0.3) is 0 Å². The van der Waals surface area contributed by atoms with E-state index < -0.39 is 5.41 Å². The summed E-state index contributed by atoms with van der Waals surface area (Å²) in [5.41, 5.74) is 1.53. The number of hydrogen-bond acceptors (Lipinski definition) is 5. The Morgan fingerprint density at radius 2 is 1.59 bits per heavy atom. The van der Waals surface area contributed by atoms with Gasteiger partial charge in [-0.3, -0.25) is 14.6 Å². The number of anilines is 3. The lowest BCUT2D eigenvalue weighted by atomic mass is 9.70. The van der Waals surface area contributed by atoms with Gasteiger partial charge in [0, 0.05) is 45.0 Å². The molecule has 0 radical (unpaired) electrons. The molecule has 2 aromatic carbocycles. The van der Waals surface area contributed by atoms with E-state index in [1.807, 2.05) is 30.3 Å². The van der Waals surface area contributed by atoms with Crippen LogP contribution in [0.5, 0.6) is 0 Å². The van der Waals surface area contributed by atoms with E-state index in [4.69, 9.17) is 23.2 Å². The zero-order valence-electron chi connectivity index (χ0n) is 21.0. The van der Waals surface area contributed by atoms with Crippen molar-refractivity contribution in [2.45, 2.75) is 25.7 Å². The Labute approximate surface area is 228 Å². The summed E-state index contributed by atoms with van der Waals surface area (Å²) in [7, 11) is 0. The predicted molar refractivity (Wildman–Crippen MR) is 150 cm³/mol. The van der Waals surface area contributed by atoms with Crippen LogP contribution in [0, 0.1) is 17.8 Å². The summed E-state index contributed by atoms with van der Waals surface area (Å²) in [6, 6.07) is 15.0. The van der Waals surface area contributed by atoms with Crippen molar-refractivity contribution in [1.82, 2.24) is 14.9 Å². The molecule has 1 amide bonds. The van der Waals surface area contributed by atoms with Gasteiger partial charge in [0.15, 0.2) is 0 Å². The number of rotatable bonds is 5. The fourth-order valence-corrected chi connectivity index (χ4v) is 5.82. The molecule has 0 bridgehead atoms. The molecule has 37 heavy (non-hydrogen) atoms. The maximum Gasteiger partial charge on any atom is 0.243 e. The second kappa shape index (κ2) is 10.7. The number of para-hydroxylation sites is 2. The van der Waals surface area contributed by atoms with Crippen LogP contribution in [0.15, 0.2) is 60.9 Å². The smallest absolute Gasteiger partial charge is 0.243 e. The summed E-state index contributed by atoms with van der Waals surface area (Å²) in [5.74, 6) is 7.48. The number of nitrogens with zero attached hydrogens (tertiary/aromatic N) is 5. The maximum atomic E-state index is 14.2. The van der Waals surface area contributed by atoms with Crippen LogP contribution in [0.1, 0.15) is 25.8 Å². The second-order valence-corrected chi connectivity index (χ2v) is 10.5. The van der Waals surface area contributed by atoms with E-state index in [1.165, 1.54) is 0 Å². The highest BCUT2D eigenvalue weighted by atomic mass is 35.5. The number of hydrogen-bond donors (Lipinski definition) is 0. The van der Waals surface area contributed by atoms with Crippen LogP contribution in [-0.4, -0.2) is 53.5 Å². The summed E-state index contributed by atoms with van der Waals surface area (Å²) < 4.78 is 0. The van der Waals surface area contributed by atoms with Gasteiger partial charge in [-0.25, -0.2) is 9.97 Å². The molecule has 0 aliphatic carbocycles. The minimum atomic E-state index is -0.782. The molecule has 1 saturated heterocycles. The molecule has 3 aromatic rings. The standard InChI is InChI=1S/C29H29Cl2N5O/c1-21(2)29(13-5-6-16-34-17-19-35(20-18-34)28-32-14-8-15-33-28)22-9-3-4-12-25(22)36(27(29)37)26-23(30)10-7-11-24(26)31/h3-4,7-12,14-15,21H,13,16-20H2,1-2H3. The highest BCUT2D eigenvalue weighted by molar-refractivity contribution is 6.40. The van der Waals surface area contributed by atoms with Crippen molar-refractivity contribution in [2.24, 2.45) is 5.92 Å². The normalized spacial score (nSPS) is 19.6. The molecule has 1 fully saturated rings. The monoisotopic (exact) mass is 533 g/mol. The zero-order chi connectivity index (χ0) is 26.0. The number of piperazine rings is 1. The molecular weight excluding hydrogens is 505 g/mol. The first-order valence-electron chi connectivity index (χ1n) is 12.5. The summed E-state index contributed by atoms with van der Waals surface area (Å²) in [6.07, 6.45) is 3.97. The molecule has 3 heterocycles. The molecule has 190 valence electrons. The Morgan fingerprint density at radius 3 is 2.27 bits per heavy atom. The molecular formula is C29H29Cl2N5O. The second-order valence-electron chi connectivity index (χ2n) is 9.70. The predicted octanol–water partition coefficient (Wildman–Crippen LogP) is 5.57. The van der Waals surface area contributed by atoms with Crippen LogP contribution in [0.2, 0.25) is 10.0 Å². The number of amides is 1. The van der Waals surface area contributed by atoms with Gasteiger partial charge in [0.25, 0.3) is 0 Å². The zero-order valence-corrected chi connectivity index (χ0v) is 22.5. The third-order valence-corrected chi connectivity index (χ3v) is 7.97. The van der Waals surface area contributed by atoms with Gasteiger partial charge in [0.1, 0.15) is 0 Å². The summed E-state index contributed by atoms with van der Waals surface area (Å²) in [4.78, 5) is 29.1. The van der Waals surface area contributed by atoms with Crippen molar-refractivity contribution in [1.29, 1.82) is 0 Å². The lowest BCUT2D eigenvalue weighted by Gasteiger charge is -2.33. The van der Waals surface area contributed by atoms with Gasteiger partial charge in [-0.1, -0.05) is 67.2 Å². The molecule has 1 unspecified atom stereocenters. The summed E-state index contributed by atoms with van der Waals surface area (Å²) >= 11 is 13.1. The molecule has 0 spiro atoms. The Kier molecular flexibility index (Phi) is 7.39. The summed E-state index contributed by atoms with van der Waals surface area (Å²) in [5, 5.41) is 0.891. The van der Waals surface area contributed by atoms with E-state index in [9.17, 15) is 4.79 Å². The summed E-state index contributed by atoms with van der Waals surface area (Å²) in [6.45, 7) is 8.33. The van der Waals surface area contributed by atoms with Gasteiger partial charge in [-0.05, 0) is 35.7 Å². The lowest BCUT2D eigenvalue weighted by Crippen LogP contribution is -2.47. The van der Waals surface area contributed by atoms with Crippen molar-refractivity contribution >= 4 is 46.4 Å². The van der Waals surface area contributed by atoms with Crippen molar-refractivity contribution in [3.63, 3.8) is 0 Å². The van der Waals surface area contributed by atoms with Crippen LogP contribution in [0.3, 0.4) is 0 Å². The van der Waals surface area contributed by atoms with Gasteiger partial charge in [0.2, 0.25) is 11.9 Å². The Morgan fingerprint density at radius 1 is 0.919 bits per heavy atom. The average molecular weight is 534 g/mol. The quantitative estimate of drug-likeness (QED) is 0.401. The molecule has 5 rings (SSSR count). The van der Waals surface area contributed by atoms with E-state index in [1.54, 1.807) is 35.5 Å². The number of aromatic nitrogens is 2. The first kappa shape index (κ1) is 25.5. The Balaban J connectivity index is 1.35. The van der Waals surface area contributed by atoms with E-state index in [-0.39, 0.29) is 11.8 Å². The third kappa shape index (κ3) is 4.68. The van der Waals surface area contributed by atoms with Gasteiger partial charge >= 0.3 is 0 Å². The highest BCUT2D eigenvalue weighted by Gasteiger charge is 2.53. The molecule has 8 heteroatoms. The van der Waals surface area contributed by atoms with E-state index in [0.717, 1.165) is 43.4 Å². The SMILES string of the molecule is CC(C)C1(CC#CCN2CCN(c3ncccn3)CC2)C(=O)N(c2c(Cl)cccc2Cl)c2ccccc21. The molecule has 1 atom stereocenters. The van der Waals surface area contributed by atoms with Crippen molar-refractivity contribution < 1.29 is 4.79 Å². The average Bonchev–Trinajstić information content (AvgIpc) is 3.16. The molecule has 2 aliphatic heterocycles. The molecule has 0 saturated carbocycles. The molecule has 0 N–H and O–H groups in total. The number of carbonyl (C=O) groups excluding carboxylic acids is 1. The number of carbonyl (C=O) groups is 1. The Bertz CT molecular complexity index is 1320. The third-order valence-electron chi connectivity index (χ3n) is 7.36. The molecule has 6 nitrogen and oxygen atoms in total. The molecule has 1 aromatic heterocycles. The topological polar surface area (TPSA) is 52.6 Å². The minimum absolute atomic E-state index is 0.0242. The lowest BCUT2D eigenvalue weighted by molar-refractivity contribution is -0.123. The largest absolute Gasteiger partial charge is 0.338 e. The van der Waals surface area contributed by atoms with Gasteiger partial charge in [-0.2, -0.15) is 0 Å². The van der Waals surface area contributed by atoms with Gasteiger partial charge in [-0.15, -0.1) is 5.92 Å². The van der Waals surface area contributed by atoms with E-state index in [0.29, 0.717) is 28.7 Å². The maximum absolute atomic E-state index is 14.2. The molecule has 2 aliphatic rings. The fourth-order valence-electron chi connectivity index (χ4n) is 5.26. The van der Waals surface area contributed by atoms with Crippen molar-refractivity contribution in [2.75, 3.05) is 42.5 Å². The number of halogens is 2. The van der Waals surface area contributed by atoms with Crippen LogP contribution >= 0.6 is 23.2 Å². The van der Waals surface area contributed by atoms with E-state index >= 15 is 0 Å². The van der Waals surface area contributed by atoms with Gasteiger partial charge < -0.3 is 4.90 Å². The van der Waals surface area contributed by atoms with Crippen molar-refractivity contribution in [3.8, 4) is 11.8 Å². The van der Waals surface area contributed by atoms with Gasteiger partial charge in [0.05, 0.1) is 33.4 Å². The fraction of sp³-hybridized carbons (Fsp3) is 0.345. The van der Waals surface area contributed by atoms with Crippen molar-refractivity contribution in [3.05, 3.63) is 76.5 Å². The first-order chi connectivity index (χ1) is 17.9. The number of fused-ring (bicyclic) bond motifs is 1. The highest BCUT2D eigenvalue weighted by Crippen LogP contribution is 2.53. The van der Waals surface area contributed by atoms with Crippen LogP contribution in [0.4, 0.5) is 17.3 Å².